The van der Waals surface area contributed by atoms with E-state index in [-0.39, 0.29) is 0 Å². The number of nitrogens with zero attached hydrogens (tertiary/aromatic N) is 1. The number of benzene rings is 2. The number of ether oxygens (including phenoxy) is 1. The summed E-state index contributed by atoms with van der Waals surface area (Å²) >= 11 is 0. The lowest BCUT2D eigenvalue weighted by Gasteiger charge is -2.06. The van der Waals surface area contributed by atoms with Crippen molar-refractivity contribution in [2.24, 2.45) is 4.99 Å². The molecule has 90 valence electrons. The molecule has 0 heterocycles. The van der Waals surface area contributed by atoms with E-state index in [2.05, 4.69) is 4.99 Å². The molecule has 0 aliphatic carbocycles. The van der Waals surface area contributed by atoms with Crippen molar-refractivity contribution in [3.05, 3.63) is 59.7 Å². The van der Waals surface area contributed by atoms with Gasteiger partial charge in [-0.1, -0.05) is 24.3 Å². The molecule has 0 N–H and O–H groups in total. The van der Waals surface area contributed by atoms with Crippen molar-refractivity contribution in [2.75, 3.05) is 0 Å². The van der Waals surface area contributed by atoms with E-state index in [9.17, 15) is 4.79 Å². The van der Waals surface area contributed by atoms with Crippen LogP contribution >= 0.6 is 0 Å². The topological polar surface area (TPSA) is 38.7 Å². The minimum Gasteiger partial charge on any atom is -0.489 e. The second kappa shape index (κ2) is 5.80. The second-order valence-corrected chi connectivity index (χ2v) is 3.97. The zero-order valence-electron chi connectivity index (χ0n) is 10.1. The first-order valence-corrected chi connectivity index (χ1v) is 5.64. The Hall–Kier alpha value is -2.38. The van der Waals surface area contributed by atoms with Crippen molar-refractivity contribution in [1.29, 1.82) is 0 Å². The Balaban J connectivity index is 2.00. The first-order valence-electron chi connectivity index (χ1n) is 5.64. The van der Waals surface area contributed by atoms with Gasteiger partial charge in [0.05, 0.1) is 5.69 Å². The van der Waals surface area contributed by atoms with Crippen molar-refractivity contribution in [3.8, 4) is 5.75 Å². The normalized spacial score (nSPS) is 9.61. The number of aliphatic imine (C=N–C) groups is 1. The van der Waals surface area contributed by atoms with Gasteiger partial charge >= 0.3 is 0 Å². The molecule has 0 saturated carbocycles. The van der Waals surface area contributed by atoms with Gasteiger partial charge in [0.15, 0.2) is 0 Å². The summed E-state index contributed by atoms with van der Waals surface area (Å²) in [6, 6.07) is 15.2. The van der Waals surface area contributed by atoms with Crippen molar-refractivity contribution < 1.29 is 9.53 Å². The largest absolute Gasteiger partial charge is 0.489 e. The maximum Gasteiger partial charge on any atom is 0.240 e. The predicted molar refractivity (Wildman–Crippen MR) is 69.7 cm³/mol. The summed E-state index contributed by atoms with van der Waals surface area (Å²) in [5, 5.41) is 0. The van der Waals surface area contributed by atoms with Crippen LogP contribution in [-0.4, -0.2) is 6.08 Å². The van der Waals surface area contributed by atoms with E-state index < -0.39 is 0 Å². The van der Waals surface area contributed by atoms with Gasteiger partial charge in [0.1, 0.15) is 12.4 Å². The van der Waals surface area contributed by atoms with Crippen LogP contribution in [0.1, 0.15) is 11.1 Å². The van der Waals surface area contributed by atoms with E-state index in [1.54, 1.807) is 12.1 Å². The summed E-state index contributed by atoms with van der Waals surface area (Å²) in [5.41, 5.74) is 2.80. The first kappa shape index (κ1) is 12.1. The molecule has 3 heteroatoms. The van der Waals surface area contributed by atoms with Gasteiger partial charge in [-0.25, -0.2) is 4.79 Å². The highest BCUT2D eigenvalue weighted by atomic mass is 16.5. The van der Waals surface area contributed by atoms with Gasteiger partial charge < -0.3 is 4.74 Å². The molecular formula is C15H13NO2. The fourth-order valence-electron chi connectivity index (χ4n) is 1.59. The van der Waals surface area contributed by atoms with Crippen LogP contribution in [-0.2, 0) is 11.4 Å². The van der Waals surface area contributed by atoms with E-state index in [1.165, 1.54) is 11.6 Å². The Morgan fingerprint density at radius 1 is 1.17 bits per heavy atom. The van der Waals surface area contributed by atoms with Crippen LogP contribution in [0, 0.1) is 6.92 Å². The Morgan fingerprint density at radius 3 is 2.61 bits per heavy atom. The van der Waals surface area contributed by atoms with Gasteiger partial charge in [-0.3, -0.25) is 0 Å². The molecule has 0 aliphatic heterocycles. The molecular weight excluding hydrogens is 226 g/mol. The minimum absolute atomic E-state index is 0.495. The van der Waals surface area contributed by atoms with Gasteiger partial charge in [0.25, 0.3) is 0 Å². The fourth-order valence-corrected chi connectivity index (χ4v) is 1.59. The second-order valence-electron chi connectivity index (χ2n) is 3.97. The van der Waals surface area contributed by atoms with Crippen LogP contribution in [0.4, 0.5) is 5.69 Å². The minimum atomic E-state index is 0.495. The first-order chi connectivity index (χ1) is 8.78. The highest BCUT2D eigenvalue weighted by molar-refractivity contribution is 5.49. The highest BCUT2D eigenvalue weighted by Crippen LogP contribution is 2.16. The van der Waals surface area contributed by atoms with Crippen molar-refractivity contribution in [3.63, 3.8) is 0 Å². The number of carbonyl (C=O) groups excluding carboxylic acids is 1. The Labute approximate surface area is 106 Å². The van der Waals surface area contributed by atoms with Crippen LogP contribution in [0.25, 0.3) is 0 Å². The molecule has 2 rings (SSSR count). The number of isocyanates is 1. The molecule has 0 aliphatic rings. The van der Waals surface area contributed by atoms with E-state index >= 15 is 0 Å². The molecule has 0 saturated heterocycles. The molecule has 0 amide bonds. The molecule has 0 spiro atoms. The summed E-state index contributed by atoms with van der Waals surface area (Å²) in [5.74, 6) is 0.852. The monoisotopic (exact) mass is 239 g/mol. The molecule has 3 nitrogen and oxygen atoms in total. The van der Waals surface area contributed by atoms with E-state index in [4.69, 9.17) is 4.74 Å². The molecule has 2 aromatic carbocycles. The SMILES string of the molecule is Cc1cccc(OCc2ccc(N=C=O)cc2)c1. The summed E-state index contributed by atoms with van der Waals surface area (Å²) in [4.78, 5) is 13.6. The van der Waals surface area contributed by atoms with Gasteiger partial charge in [-0.15, -0.1) is 0 Å². The van der Waals surface area contributed by atoms with Crippen LogP contribution in [0.3, 0.4) is 0 Å². The standard InChI is InChI=1S/C15H13NO2/c1-12-3-2-4-15(9-12)18-10-13-5-7-14(8-6-13)16-11-17/h2-9H,10H2,1H3. The molecule has 0 radical (unpaired) electrons. The van der Waals surface area contributed by atoms with Gasteiger partial charge in [-0.05, 0) is 42.3 Å². The number of hydrogen-bond donors (Lipinski definition) is 0. The average Bonchev–Trinajstić information content (AvgIpc) is 2.38. The van der Waals surface area contributed by atoms with E-state index in [1.807, 2.05) is 43.3 Å². The maximum absolute atomic E-state index is 10.1. The third-order valence-corrected chi connectivity index (χ3v) is 2.51. The summed E-state index contributed by atoms with van der Waals surface area (Å²) in [6.07, 6.45) is 1.51. The number of rotatable bonds is 4. The number of hydrogen-bond acceptors (Lipinski definition) is 3. The lowest BCUT2D eigenvalue weighted by molar-refractivity contribution is 0.306. The fraction of sp³-hybridized carbons (Fsp3) is 0.133. The van der Waals surface area contributed by atoms with Crippen molar-refractivity contribution in [2.45, 2.75) is 13.5 Å². The summed E-state index contributed by atoms with van der Waals surface area (Å²) < 4.78 is 5.66. The van der Waals surface area contributed by atoms with E-state index in [0.717, 1.165) is 11.3 Å². The zero-order valence-corrected chi connectivity index (χ0v) is 10.1. The molecule has 0 fully saturated rings. The maximum atomic E-state index is 10.1. The molecule has 0 bridgehead atoms. The summed E-state index contributed by atoms with van der Waals surface area (Å²) in [6.45, 7) is 2.52. The third kappa shape index (κ3) is 3.30. The Bertz CT molecular complexity index is 569. The van der Waals surface area contributed by atoms with Crippen molar-refractivity contribution >= 4 is 11.8 Å². The summed E-state index contributed by atoms with van der Waals surface area (Å²) in [7, 11) is 0. The van der Waals surface area contributed by atoms with Gasteiger partial charge in [0.2, 0.25) is 6.08 Å². The van der Waals surface area contributed by atoms with E-state index in [0.29, 0.717) is 12.3 Å². The Morgan fingerprint density at radius 2 is 1.94 bits per heavy atom. The van der Waals surface area contributed by atoms with Gasteiger partial charge in [-0.2, -0.15) is 4.99 Å². The smallest absolute Gasteiger partial charge is 0.240 e. The van der Waals surface area contributed by atoms with Gasteiger partial charge in [0, 0.05) is 0 Å². The van der Waals surface area contributed by atoms with Crippen LogP contribution in [0.2, 0.25) is 0 Å². The lowest BCUT2D eigenvalue weighted by Crippen LogP contribution is -1.94. The molecule has 0 aromatic heterocycles. The predicted octanol–water partition coefficient (Wildman–Crippen LogP) is 3.54. The molecule has 18 heavy (non-hydrogen) atoms. The van der Waals surface area contributed by atoms with Crippen LogP contribution < -0.4 is 4.74 Å². The van der Waals surface area contributed by atoms with Crippen molar-refractivity contribution in [1.82, 2.24) is 0 Å². The molecule has 0 unspecified atom stereocenters. The quantitative estimate of drug-likeness (QED) is 0.604. The number of aryl methyl sites for hydroxylation is 1. The lowest BCUT2D eigenvalue weighted by atomic mass is 10.2. The highest BCUT2D eigenvalue weighted by Gasteiger charge is 1.97. The van der Waals surface area contributed by atoms with Crippen LogP contribution in [0.5, 0.6) is 5.75 Å². The molecule has 2 aromatic rings. The zero-order chi connectivity index (χ0) is 12.8. The molecule has 0 atom stereocenters. The third-order valence-electron chi connectivity index (χ3n) is 2.51. The van der Waals surface area contributed by atoms with Crippen LogP contribution in [0.15, 0.2) is 53.5 Å². The Kier molecular flexibility index (Phi) is 3.90. The average molecular weight is 239 g/mol.